The maximum atomic E-state index is 13.4. The van der Waals surface area contributed by atoms with E-state index in [0.717, 1.165) is 42.1 Å². The van der Waals surface area contributed by atoms with Crippen LogP contribution in [0.2, 0.25) is 0 Å². The molecule has 21 nitrogen and oxygen atoms in total. The summed E-state index contributed by atoms with van der Waals surface area (Å²) < 4.78 is 39.2. The number of hydrogen-bond acceptors (Lipinski definition) is 16. The molecule has 1 unspecified atom stereocenters. The van der Waals surface area contributed by atoms with Crippen molar-refractivity contribution in [3.63, 3.8) is 0 Å². The number of piperidine rings is 1. The van der Waals surface area contributed by atoms with Crippen molar-refractivity contribution in [1.82, 2.24) is 40.2 Å². The van der Waals surface area contributed by atoms with Crippen molar-refractivity contribution < 1.29 is 42.0 Å². The van der Waals surface area contributed by atoms with Crippen LogP contribution in [0, 0.1) is 5.41 Å². The first-order chi connectivity index (χ1) is 23.8. The highest BCUT2D eigenvalue weighted by Crippen LogP contribution is 2.25. The van der Waals surface area contributed by atoms with E-state index in [4.69, 9.17) is 26.5 Å². The number of nitrogen functional groups attached to an aromatic ring is 1. The van der Waals surface area contributed by atoms with E-state index >= 15 is 0 Å². The van der Waals surface area contributed by atoms with E-state index < -0.39 is 58.6 Å². The summed E-state index contributed by atoms with van der Waals surface area (Å²) in [6.07, 6.45) is 1.38. The zero-order valence-corrected chi connectivity index (χ0v) is 27.8. The minimum absolute atomic E-state index is 0.0247. The highest BCUT2D eigenvalue weighted by atomic mass is 32.2. The lowest BCUT2D eigenvalue weighted by Crippen LogP contribution is -2.73. The molecule has 4 heterocycles. The van der Waals surface area contributed by atoms with Crippen molar-refractivity contribution in [2.75, 3.05) is 25.4 Å². The number of hydrogen-bond donors (Lipinski definition) is 8. The molecule has 50 heavy (non-hydrogen) atoms. The molecule has 23 heteroatoms. The smallest absolute Gasteiger partial charge is 0.362 e. The molecule has 0 aliphatic carbocycles. The number of oxime groups is 1. The Morgan fingerprint density at radius 2 is 1.94 bits per heavy atom. The van der Waals surface area contributed by atoms with Gasteiger partial charge < -0.3 is 42.1 Å². The number of nitrogens with two attached hydrogens (primary N) is 2. The van der Waals surface area contributed by atoms with Crippen LogP contribution >= 0.6 is 11.3 Å². The lowest BCUT2D eigenvalue weighted by molar-refractivity contribution is -0.152. The SMILES string of the molecule is N=C(NC1CCNCC1)c1ccc(OC[C@H](O/N=C(\C(=O)NC2C(=O)N(S(=O)(=O)O)[C@H]2Cn2ncc(CN)n2)c2csc(N)n2)C(=O)O)cc1. The van der Waals surface area contributed by atoms with Crippen LogP contribution < -0.4 is 32.2 Å². The maximum absolute atomic E-state index is 13.4. The number of nitrogens with one attached hydrogen (secondary N) is 4. The van der Waals surface area contributed by atoms with Crippen molar-refractivity contribution in [1.29, 1.82) is 5.41 Å². The van der Waals surface area contributed by atoms with Gasteiger partial charge in [-0.2, -0.15) is 23.4 Å². The number of carboxylic acid groups (broad SMARTS) is 1. The predicted molar refractivity (Wildman–Crippen MR) is 175 cm³/mol. The van der Waals surface area contributed by atoms with E-state index in [1.165, 1.54) is 11.6 Å². The van der Waals surface area contributed by atoms with Gasteiger partial charge in [0.05, 0.1) is 18.4 Å². The van der Waals surface area contributed by atoms with Crippen molar-refractivity contribution in [2.45, 2.75) is 50.2 Å². The Morgan fingerprint density at radius 1 is 1.22 bits per heavy atom. The average Bonchev–Trinajstić information content (AvgIpc) is 3.73. The van der Waals surface area contributed by atoms with Crippen molar-refractivity contribution in [3.8, 4) is 5.75 Å². The molecule has 3 aromatic rings. The molecule has 1 aromatic carbocycles. The first-order valence-electron chi connectivity index (χ1n) is 15.0. The number of aromatic nitrogens is 4. The van der Waals surface area contributed by atoms with Crippen LogP contribution in [-0.2, 0) is 42.6 Å². The molecule has 10 N–H and O–H groups in total. The number of β-lactam (4-membered cyclic amide) rings is 1. The third-order valence-electron chi connectivity index (χ3n) is 7.61. The summed E-state index contributed by atoms with van der Waals surface area (Å²) in [6, 6.07) is 3.72. The molecule has 0 bridgehead atoms. The number of carbonyl (C=O) groups excluding carboxylic acids is 2. The van der Waals surface area contributed by atoms with E-state index in [1.54, 1.807) is 24.3 Å². The quantitative estimate of drug-likeness (QED) is 0.0272. The van der Waals surface area contributed by atoms with Gasteiger partial charge in [0, 0.05) is 23.5 Å². The van der Waals surface area contributed by atoms with Crippen LogP contribution in [0.15, 0.2) is 41.0 Å². The number of benzene rings is 1. The highest BCUT2D eigenvalue weighted by molar-refractivity contribution is 7.84. The lowest BCUT2D eigenvalue weighted by atomic mass is 9.98. The first kappa shape index (κ1) is 36.1. The third kappa shape index (κ3) is 8.67. The molecule has 0 saturated carbocycles. The molecule has 2 amide bonds. The van der Waals surface area contributed by atoms with Crippen LogP contribution in [0.25, 0.3) is 0 Å². The molecule has 3 atom stereocenters. The monoisotopic (exact) mass is 734 g/mol. The molecular weight excluding hydrogens is 701 g/mol. The second kappa shape index (κ2) is 15.5. The number of anilines is 1. The number of amides is 2. The van der Waals surface area contributed by atoms with E-state index in [2.05, 4.69) is 36.3 Å². The van der Waals surface area contributed by atoms with E-state index in [1.807, 2.05) is 0 Å². The number of rotatable bonds is 15. The minimum atomic E-state index is -5.03. The molecular formula is C27H34N12O9S2. The number of aliphatic carboxylic acids is 1. The van der Waals surface area contributed by atoms with Gasteiger partial charge in [-0.15, -0.1) is 11.3 Å². The number of nitrogens with zero attached hydrogens (tertiary/aromatic N) is 6. The van der Waals surface area contributed by atoms with Gasteiger partial charge in [-0.1, -0.05) is 5.16 Å². The highest BCUT2D eigenvalue weighted by Gasteiger charge is 2.54. The van der Waals surface area contributed by atoms with Gasteiger partial charge in [-0.05, 0) is 50.2 Å². The molecule has 2 saturated heterocycles. The van der Waals surface area contributed by atoms with Crippen molar-refractivity contribution >= 4 is 56.1 Å². The molecule has 2 aromatic heterocycles. The van der Waals surface area contributed by atoms with Crippen LogP contribution in [0.3, 0.4) is 0 Å². The summed E-state index contributed by atoms with van der Waals surface area (Å²) in [7, 11) is -5.03. The van der Waals surface area contributed by atoms with Gasteiger partial charge in [0.25, 0.3) is 17.9 Å². The number of carbonyl (C=O) groups is 3. The summed E-state index contributed by atoms with van der Waals surface area (Å²) in [5.41, 5.74) is 11.5. The Morgan fingerprint density at radius 3 is 2.54 bits per heavy atom. The van der Waals surface area contributed by atoms with Gasteiger partial charge in [-0.25, -0.2) is 14.1 Å². The second-order valence-corrected chi connectivity index (χ2v) is 13.2. The third-order valence-corrected chi connectivity index (χ3v) is 9.23. The summed E-state index contributed by atoms with van der Waals surface area (Å²) in [5, 5.41) is 39.9. The Labute approximate surface area is 288 Å². The number of carboxylic acids is 1. The van der Waals surface area contributed by atoms with Crippen LogP contribution in [0.5, 0.6) is 5.75 Å². The normalized spacial score (nSPS) is 19.0. The van der Waals surface area contributed by atoms with Crippen LogP contribution in [0.4, 0.5) is 5.13 Å². The molecule has 5 rings (SSSR count). The van der Waals surface area contributed by atoms with E-state index in [0.29, 0.717) is 11.3 Å². The molecule has 0 radical (unpaired) electrons. The Hall–Kier alpha value is -5.23. The van der Waals surface area contributed by atoms with E-state index in [-0.39, 0.29) is 45.8 Å². The summed E-state index contributed by atoms with van der Waals surface area (Å²) in [4.78, 5) is 48.5. The van der Waals surface area contributed by atoms with Gasteiger partial charge >= 0.3 is 16.3 Å². The average molecular weight is 735 g/mol. The number of thiazole rings is 1. The number of amidine groups is 1. The Bertz CT molecular complexity index is 1860. The zero-order valence-electron chi connectivity index (χ0n) is 26.1. The fourth-order valence-electron chi connectivity index (χ4n) is 5.04. The predicted octanol–water partition coefficient (Wildman–Crippen LogP) is -2.11. The number of ether oxygens (including phenoxy) is 1. The van der Waals surface area contributed by atoms with Crippen molar-refractivity contribution in [3.05, 3.63) is 52.8 Å². The van der Waals surface area contributed by atoms with E-state index in [9.17, 15) is 32.5 Å². The van der Waals surface area contributed by atoms with Crippen LogP contribution in [0.1, 0.15) is 29.8 Å². The van der Waals surface area contributed by atoms with Gasteiger partial charge in [-0.3, -0.25) is 19.6 Å². The zero-order chi connectivity index (χ0) is 36.0. The molecule has 2 aliphatic rings. The standard InChI is InChI=1S/C27H34N12O9S2/c28-9-16-10-32-38(36-16)11-19-22(25(41)39(19)50(44,45)46)35-24(40)21(18-13-49-27(30)34-18)37-48-20(26(42)43)12-47-17-3-1-14(2-4-17)23(29)33-15-5-7-31-8-6-15/h1-4,10,13,15,19-20,22,31H,5-9,11-12,28H2,(H2,29,33)(H2,30,34)(H,35,40)(H,42,43)(H,44,45,46)/b37-21-/t19-,20-,22?/m0/s1. The second-order valence-electron chi connectivity index (χ2n) is 11.0. The van der Waals surface area contributed by atoms with Crippen molar-refractivity contribution in [2.24, 2.45) is 10.9 Å². The van der Waals surface area contributed by atoms with Crippen LogP contribution in [-0.4, -0.2) is 116 Å². The lowest BCUT2D eigenvalue weighted by Gasteiger charge is -2.43. The summed E-state index contributed by atoms with van der Waals surface area (Å²) in [5.74, 6) is -3.24. The fourth-order valence-corrected chi connectivity index (χ4v) is 6.46. The molecule has 0 spiro atoms. The topological polar surface area (TPSA) is 315 Å². The summed E-state index contributed by atoms with van der Waals surface area (Å²) in [6.45, 7) is 0.856. The minimum Gasteiger partial charge on any atom is -0.489 e. The Balaban J connectivity index is 1.27. The largest absolute Gasteiger partial charge is 0.489 e. The Kier molecular flexibility index (Phi) is 11.2. The fraction of sp³-hybridized carbons (Fsp3) is 0.407. The van der Waals surface area contributed by atoms with Gasteiger partial charge in [0.2, 0.25) is 0 Å². The molecule has 268 valence electrons. The van der Waals surface area contributed by atoms with Gasteiger partial charge in [0.1, 0.15) is 36.0 Å². The first-order valence-corrected chi connectivity index (χ1v) is 17.3. The summed E-state index contributed by atoms with van der Waals surface area (Å²) >= 11 is 0.930. The molecule has 2 aliphatic heterocycles. The molecule has 2 fully saturated rings. The van der Waals surface area contributed by atoms with Gasteiger partial charge in [0.15, 0.2) is 10.8 Å². The maximum Gasteiger partial charge on any atom is 0.362 e.